The molecule has 0 aliphatic rings. The van der Waals surface area contributed by atoms with Crippen LogP contribution >= 0.6 is 0 Å². The fourth-order valence-electron chi connectivity index (χ4n) is 1.09. The lowest BCUT2D eigenvalue weighted by Gasteiger charge is -2.15. The first-order chi connectivity index (χ1) is 7.32. The summed E-state index contributed by atoms with van der Waals surface area (Å²) < 4.78 is 25.6. The van der Waals surface area contributed by atoms with E-state index in [0.29, 0.717) is 18.8 Å². The Kier molecular flexibility index (Phi) is 6.35. The molecule has 1 unspecified atom stereocenters. The second-order valence-electron chi connectivity index (χ2n) is 4.10. The Bertz CT molecular complexity index is 325. The highest BCUT2D eigenvalue weighted by atomic mass is 32.2. The predicted molar refractivity (Wildman–Crippen MR) is 63.9 cm³/mol. The normalized spacial score (nSPS) is 15.4. The molecule has 1 atom stereocenters. The molecule has 0 amide bonds. The molecule has 4 N–H and O–H groups in total. The highest BCUT2D eigenvalue weighted by Gasteiger charge is 2.19. The van der Waals surface area contributed by atoms with Crippen molar-refractivity contribution in [2.24, 2.45) is 16.8 Å². The average Bonchev–Trinajstić information content (AvgIpc) is 2.22. The summed E-state index contributed by atoms with van der Waals surface area (Å²) in [6, 6.07) is -0.637. The van der Waals surface area contributed by atoms with Gasteiger partial charge in [0.05, 0.1) is 11.8 Å². The van der Waals surface area contributed by atoms with Crippen LogP contribution < -0.4 is 10.5 Å². The van der Waals surface area contributed by atoms with Crippen LogP contribution in [0.3, 0.4) is 0 Å². The molecule has 7 heteroatoms. The van der Waals surface area contributed by atoms with Crippen LogP contribution in [0, 0.1) is 5.92 Å². The van der Waals surface area contributed by atoms with Crippen molar-refractivity contribution >= 4 is 15.9 Å². The first-order valence-electron chi connectivity index (χ1n) is 5.29. The zero-order valence-electron chi connectivity index (χ0n) is 9.97. The number of sulfonamides is 1. The van der Waals surface area contributed by atoms with Gasteiger partial charge in [0.1, 0.15) is 0 Å². The minimum absolute atomic E-state index is 0.0554. The molecule has 0 spiro atoms. The van der Waals surface area contributed by atoms with E-state index >= 15 is 0 Å². The Labute approximate surface area is 97.0 Å². The number of amidine groups is 1. The van der Waals surface area contributed by atoms with Gasteiger partial charge in [0.15, 0.2) is 5.84 Å². The Morgan fingerprint density at radius 3 is 2.44 bits per heavy atom. The van der Waals surface area contributed by atoms with Gasteiger partial charge in [0.25, 0.3) is 0 Å². The molecule has 0 radical (unpaired) electrons. The Balaban J connectivity index is 4.44. The maximum Gasteiger partial charge on any atom is 0.212 e. The van der Waals surface area contributed by atoms with Gasteiger partial charge in [-0.15, -0.1) is 0 Å². The van der Waals surface area contributed by atoms with Crippen molar-refractivity contribution in [1.29, 1.82) is 0 Å². The minimum atomic E-state index is -3.37. The lowest BCUT2D eigenvalue weighted by molar-refractivity contribution is 0.315. The molecular formula is C9H21N3O3S. The Hall–Kier alpha value is -0.820. The molecule has 0 aliphatic carbocycles. The molecular weight excluding hydrogens is 230 g/mol. The lowest BCUT2D eigenvalue weighted by atomic mass is 10.2. The van der Waals surface area contributed by atoms with Crippen molar-refractivity contribution in [1.82, 2.24) is 4.72 Å². The highest BCUT2D eigenvalue weighted by Crippen LogP contribution is 2.03. The maximum atomic E-state index is 11.6. The van der Waals surface area contributed by atoms with Crippen molar-refractivity contribution in [2.45, 2.75) is 39.7 Å². The molecule has 0 rings (SSSR count). The van der Waals surface area contributed by atoms with E-state index in [1.165, 1.54) is 0 Å². The van der Waals surface area contributed by atoms with Crippen LogP contribution in [-0.2, 0) is 10.0 Å². The topological polar surface area (TPSA) is 105 Å². The van der Waals surface area contributed by atoms with E-state index in [4.69, 9.17) is 10.9 Å². The van der Waals surface area contributed by atoms with Gasteiger partial charge in [0.2, 0.25) is 10.0 Å². The number of nitrogens with one attached hydrogen (secondary N) is 1. The molecule has 0 fully saturated rings. The van der Waals surface area contributed by atoms with E-state index in [0.717, 1.165) is 0 Å². The molecule has 0 aromatic carbocycles. The van der Waals surface area contributed by atoms with E-state index in [9.17, 15) is 8.42 Å². The summed E-state index contributed by atoms with van der Waals surface area (Å²) in [5.41, 5.74) is 5.36. The van der Waals surface area contributed by atoms with Gasteiger partial charge >= 0.3 is 0 Å². The summed E-state index contributed by atoms with van der Waals surface area (Å²) in [5, 5.41) is 11.3. The smallest absolute Gasteiger partial charge is 0.212 e. The first-order valence-corrected chi connectivity index (χ1v) is 6.95. The van der Waals surface area contributed by atoms with Gasteiger partial charge in [0, 0.05) is 0 Å². The van der Waals surface area contributed by atoms with Crippen LogP contribution in [0.4, 0.5) is 0 Å². The predicted octanol–water partition coefficient (Wildman–Crippen LogP) is 0.477. The summed E-state index contributed by atoms with van der Waals surface area (Å²) in [7, 11) is -3.37. The number of hydrogen-bond donors (Lipinski definition) is 3. The van der Waals surface area contributed by atoms with Gasteiger partial charge in [-0.2, -0.15) is 0 Å². The SMILES string of the molecule is CCC(NS(=O)(=O)CCC(C)C)C(N)=NO. The lowest BCUT2D eigenvalue weighted by Crippen LogP contribution is -2.45. The maximum absolute atomic E-state index is 11.6. The number of nitrogens with two attached hydrogens (primary N) is 1. The van der Waals surface area contributed by atoms with Gasteiger partial charge in [-0.05, 0) is 18.8 Å². The monoisotopic (exact) mass is 251 g/mol. The minimum Gasteiger partial charge on any atom is -0.409 e. The second-order valence-corrected chi connectivity index (χ2v) is 5.98. The molecule has 0 aliphatic heterocycles. The van der Waals surface area contributed by atoms with Crippen LogP contribution in [0.5, 0.6) is 0 Å². The number of nitrogens with zero attached hydrogens (tertiary/aromatic N) is 1. The molecule has 6 nitrogen and oxygen atoms in total. The number of rotatable bonds is 7. The molecule has 0 heterocycles. The summed E-state index contributed by atoms with van der Waals surface area (Å²) in [6.07, 6.45) is 1.03. The average molecular weight is 251 g/mol. The van der Waals surface area contributed by atoms with Crippen molar-refractivity contribution in [3.8, 4) is 0 Å². The molecule has 0 aromatic rings. The van der Waals surface area contributed by atoms with E-state index in [2.05, 4.69) is 9.88 Å². The van der Waals surface area contributed by atoms with Crippen molar-refractivity contribution < 1.29 is 13.6 Å². The fraction of sp³-hybridized carbons (Fsp3) is 0.889. The second kappa shape index (κ2) is 6.70. The van der Waals surface area contributed by atoms with E-state index in [1.54, 1.807) is 6.92 Å². The third-order valence-corrected chi connectivity index (χ3v) is 3.58. The van der Waals surface area contributed by atoms with Crippen molar-refractivity contribution in [2.75, 3.05) is 5.75 Å². The summed E-state index contributed by atoms with van der Waals surface area (Å²) in [5.74, 6) is 0.260. The molecule has 16 heavy (non-hydrogen) atoms. The molecule has 0 saturated carbocycles. The van der Waals surface area contributed by atoms with Crippen LogP contribution in [-0.4, -0.2) is 31.3 Å². The third kappa shape index (κ3) is 5.92. The van der Waals surface area contributed by atoms with Crippen LogP contribution in [0.2, 0.25) is 0 Å². The van der Waals surface area contributed by atoms with Crippen molar-refractivity contribution in [3.63, 3.8) is 0 Å². The van der Waals surface area contributed by atoms with E-state index in [1.807, 2.05) is 13.8 Å². The largest absolute Gasteiger partial charge is 0.409 e. The van der Waals surface area contributed by atoms with E-state index in [-0.39, 0.29) is 11.6 Å². The summed E-state index contributed by atoms with van der Waals surface area (Å²) in [4.78, 5) is 0. The van der Waals surface area contributed by atoms with Crippen LogP contribution in [0.1, 0.15) is 33.6 Å². The van der Waals surface area contributed by atoms with Crippen molar-refractivity contribution in [3.05, 3.63) is 0 Å². The molecule has 0 bridgehead atoms. The van der Waals surface area contributed by atoms with Crippen LogP contribution in [0.25, 0.3) is 0 Å². The number of hydrogen-bond acceptors (Lipinski definition) is 4. The summed E-state index contributed by atoms with van der Waals surface area (Å²) >= 11 is 0. The van der Waals surface area contributed by atoms with Crippen LogP contribution in [0.15, 0.2) is 5.16 Å². The molecule has 96 valence electrons. The third-order valence-electron chi connectivity index (χ3n) is 2.17. The quantitative estimate of drug-likeness (QED) is 0.265. The summed E-state index contributed by atoms with van der Waals surface area (Å²) in [6.45, 7) is 5.67. The zero-order chi connectivity index (χ0) is 12.8. The molecule has 0 aromatic heterocycles. The zero-order valence-corrected chi connectivity index (χ0v) is 10.8. The fourth-order valence-corrected chi connectivity index (χ4v) is 2.71. The highest BCUT2D eigenvalue weighted by molar-refractivity contribution is 7.89. The number of oxime groups is 1. The van der Waals surface area contributed by atoms with E-state index < -0.39 is 16.1 Å². The standard InChI is InChI=1S/C9H21N3O3S/c1-4-8(9(10)11-13)12-16(14,15)6-5-7(2)3/h7-8,12-13H,4-6H2,1-3H3,(H2,10,11). The van der Waals surface area contributed by atoms with Gasteiger partial charge in [-0.1, -0.05) is 25.9 Å². The Morgan fingerprint density at radius 1 is 1.50 bits per heavy atom. The Morgan fingerprint density at radius 2 is 2.06 bits per heavy atom. The first kappa shape index (κ1) is 15.2. The molecule has 0 saturated heterocycles. The van der Waals surface area contributed by atoms with Gasteiger partial charge < -0.3 is 10.9 Å². The van der Waals surface area contributed by atoms with Gasteiger partial charge in [-0.3, -0.25) is 0 Å². The van der Waals surface area contributed by atoms with Gasteiger partial charge in [-0.25, -0.2) is 13.1 Å².